The molecule has 19 heavy (non-hydrogen) atoms. The number of aliphatic hydroxyl groups excluding tert-OH is 3. The first kappa shape index (κ1) is 14.1. The van der Waals surface area contributed by atoms with Crippen LogP contribution in [0.2, 0.25) is 0 Å². The highest BCUT2D eigenvalue weighted by atomic mass is 32.1. The lowest BCUT2D eigenvalue weighted by molar-refractivity contribution is -0.0539. The number of anilines is 2. The molecule has 0 amide bonds. The minimum atomic E-state index is -1.25. The van der Waals surface area contributed by atoms with E-state index in [0.717, 1.165) is 0 Å². The first-order chi connectivity index (χ1) is 8.99. The molecule has 1 saturated heterocycles. The van der Waals surface area contributed by atoms with Crippen LogP contribution in [0.15, 0.2) is 6.20 Å². The highest BCUT2D eigenvalue weighted by Crippen LogP contribution is 2.30. The Kier molecular flexibility index (Phi) is 3.99. The summed E-state index contributed by atoms with van der Waals surface area (Å²) in [6.07, 6.45) is -2.94. The normalized spacial score (nSPS) is 30.5. The molecule has 4 atom stereocenters. The summed E-state index contributed by atoms with van der Waals surface area (Å²) in [7, 11) is 0. The first-order valence-corrected chi connectivity index (χ1v) is 5.88. The minimum Gasteiger partial charge on any atom is -0.395 e. The summed E-state index contributed by atoms with van der Waals surface area (Å²) in [6.45, 7) is -0.423. The lowest BCUT2D eigenvalue weighted by atomic mass is 10.1. The number of nitrogens with zero attached hydrogens (tertiary/aromatic N) is 2. The second kappa shape index (κ2) is 5.36. The summed E-state index contributed by atoms with van der Waals surface area (Å²) in [5, 5.41) is 28.6. The van der Waals surface area contributed by atoms with Crippen molar-refractivity contribution in [2.75, 3.05) is 17.8 Å². The smallest absolute Gasteiger partial charge is 0.203 e. The van der Waals surface area contributed by atoms with Crippen LogP contribution >= 0.6 is 12.2 Å². The Balaban J connectivity index is 2.38. The number of nitrogen functional groups attached to an aromatic ring is 2. The fourth-order valence-corrected chi connectivity index (χ4v) is 2.14. The van der Waals surface area contributed by atoms with Crippen molar-refractivity contribution in [3.8, 4) is 0 Å². The average molecular weight is 289 g/mol. The number of hydrogen-bond acceptors (Lipinski definition) is 9. The van der Waals surface area contributed by atoms with Gasteiger partial charge >= 0.3 is 0 Å². The van der Waals surface area contributed by atoms with Gasteiger partial charge in [-0.05, 0) is 12.2 Å². The molecular weight excluding hydrogens is 274 g/mol. The van der Waals surface area contributed by atoms with E-state index in [0.29, 0.717) is 0 Å². The molecule has 1 aromatic heterocycles. The molecule has 1 aliphatic heterocycles. The fourth-order valence-electron chi connectivity index (χ4n) is 1.89. The third-order valence-corrected chi connectivity index (χ3v) is 3.21. The SMILES string of the molecule is NNc1nc(=S)n([C@@H]2O[C@H](CO)C(O)C2O)cc1N. The van der Waals surface area contributed by atoms with Crippen molar-refractivity contribution in [2.45, 2.75) is 24.5 Å². The molecule has 0 spiro atoms. The van der Waals surface area contributed by atoms with E-state index in [9.17, 15) is 10.2 Å². The first-order valence-electron chi connectivity index (χ1n) is 5.47. The van der Waals surface area contributed by atoms with Crippen molar-refractivity contribution in [2.24, 2.45) is 5.84 Å². The summed E-state index contributed by atoms with van der Waals surface area (Å²) >= 11 is 5.03. The number of rotatable bonds is 3. The molecule has 0 aliphatic carbocycles. The molecule has 0 bridgehead atoms. The van der Waals surface area contributed by atoms with Gasteiger partial charge in [-0.3, -0.25) is 4.57 Å². The van der Waals surface area contributed by atoms with Crippen molar-refractivity contribution < 1.29 is 20.1 Å². The summed E-state index contributed by atoms with van der Waals surface area (Å²) < 4.78 is 6.70. The van der Waals surface area contributed by atoms with Gasteiger partial charge in [-0.1, -0.05) is 0 Å². The van der Waals surface area contributed by atoms with Gasteiger partial charge in [-0.15, -0.1) is 0 Å². The predicted molar refractivity (Wildman–Crippen MR) is 68.3 cm³/mol. The largest absolute Gasteiger partial charge is 0.395 e. The van der Waals surface area contributed by atoms with Gasteiger partial charge in [-0.25, -0.2) is 5.84 Å². The van der Waals surface area contributed by atoms with Crippen LogP contribution in [0.25, 0.3) is 0 Å². The van der Waals surface area contributed by atoms with Gasteiger partial charge in [0.2, 0.25) is 4.77 Å². The van der Waals surface area contributed by atoms with E-state index >= 15 is 0 Å². The molecule has 8 N–H and O–H groups in total. The molecule has 1 aliphatic rings. The van der Waals surface area contributed by atoms with E-state index in [-0.39, 0.29) is 16.3 Å². The number of nitrogens with one attached hydrogen (secondary N) is 1. The maximum atomic E-state index is 9.89. The van der Waals surface area contributed by atoms with Crippen LogP contribution in [-0.2, 0) is 4.74 Å². The summed E-state index contributed by atoms with van der Waals surface area (Å²) in [5.41, 5.74) is 8.18. The zero-order chi connectivity index (χ0) is 14.2. The molecule has 1 fully saturated rings. The monoisotopic (exact) mass is 289 g/mol. The molecule has 10 heteroatoms. The number of aliphatic hydroxyl groups is 3. The third kappa shape index (κ3) is 2.41. The van der Waals surface area contributed by atoms with E-state index in [1.165, 1.54) is 10.8 Å². The quantitative estimate of drug-likeness (QED) is 0.213. The molecule has 0 saturated carbocycles. The molecule has 0 radical (unpaired) electrons. The number of hydrogen-bond donors (Lipinski definition) is 6. The Morgan fingerprint density at radius 3 is 2.68 bits per heavy atom. The van der Waals surface area contributed by atoms with Crippen molar-refractivity contribution in [1.82, 2.24) is 9.55 Å². The predicted octanol–water partition coefficient (Wildman–Crippen LogP) is -1.91. The standard InChI is InChI=1S/C9H15N5O4S/c10-3-1-14(9(19)12-7(3)13-11)8-6(17)5(16)4(2-15)18-8/h1,4-6,8,15-17H,2,10-11H2,(H,12,13,19)/t4-,5?,6?,8-/m1/s1. The van der Waals surface area contributed by atoms with Gasteiger partial charge in [-0.2, -0.15) is 4.98 Å². The zero-order valence-electron chi connectivity index (χ0n) is 9.80. The van der Waals surface area contributed by atoms with Crippen molar-refractivity contribution in [3.63, 3.8) is 0 Å². The maximum absolute atomic E-state index is 9.89. The second-order valence-electron chi connectivity index (χ2n) is 4.11. The fraction of sp³-hybridized carbons (Fsp3) is 0.556. The van der Waals surface area contributed by atoms with Crippen LogP contribution in [0.3, 0.4) is 0 Å². The molecular formula is C9H15N5O4S. The van der Waals surface area contributed by atoms with Crippen LogP contribution in [-0.4, -0.2) is 49.8 Å². The van der Waals surface area contributed by atoms with E-state index in [1.807, 2.05) is 0 Å². The Morgan fingerprint density at radius 1 is 1.47 bits per heavy atom. The van der Waals surface area contributed by atoms with E-state index < -0.39 is 31.1 Å². The topological polar surface area (TPSA) is 152 Å². The Labute approximate surface area is 113 Å². The van der Waals surface area contributed by atoms with Crippen molar-refractivity contribution >= 4 is 23.7 Å². The Bertz CT molecular complexity index is 524. The molecule has 1 aromatic rings. The lowest BCUT2D eigenvalue weighted by Crippen LogP contribution is -2.33. The van der Waals surface area contributed by atoms with Crippen LogP contribution < -0.4 is 17.0 Å². The van der Waals surface area contributed by atoms with E-state index in [1.54, 1.807) is 0 Å². The van der Waals surface area contributed by atoms with Gasteiger partial charge in [0.15, 0.2) is 12.0 Å². The molecule has 0 aromatic carbocycles. The molecule has 9 nitrogen and oxygen atoms in total. The Morgan fingerprint density at radius 2 is 2.16 bits per heavy atom. The number of ether oxygens (including phenoxy) is 1. The van der Waals surface area contributed by atoms with Crippen molar-refractivity contribution in [3.05, 3.63) is 11.0 Å². The molecule has 2 rings (SSSR count). The summed E-state index contributed by atoms with van der Waals surface area (Å²) in [6, 6.07) is 0. The average Bonchev–Trinajstić information content (AvgIpc) is 2.68. The van der Waals surface area contributed by atoms with E-state index in [4.69, 9.17) is 33.6 Å². The lowest BCUT2D eigenvalue weighted by Gasteiger charge is -2.19. The highest BCUT2D eigenvalue weighted by Gasteiger charge is 2.43. The third-order valence-electron chi connectivity index (χ3n) is 2.91. The van der Waals surface area contributed by atoms with Gasteiger partial charge in [0, 0.05) is 6.20 Å². The van der Waals surface area contributed by atoms with Crippen LogP contribution in [0.4, 0.5) is 11.5 Å². The second-order valence-corrected chi connectivity index (χ2v) is 4.47. The number of aromatic nitrogens is 2. The number of hydrazine groups is 1. The molecule has 2 unspecified atom stereocenters. The van der Waals surface area contributed by atoms with Crippen LogP contribution in [0, 0.1) is 4.77 Å². The van der Waals surface area contributed by atoms with Gasteiger partial charge < -0.3 is 31.2 Å². The zero-order valence-corrected chi connectivity index (χ0v) is 10.6. The Hall–Kier alpha value is -1.30. The molecule has 106 valence electrons. The van der Waals surface area contributed by atoms with Gasteiger partial charge in [0.1, 0.15) is 18.3 Å². The molecule has 2 heterocycles. The van der Waals surface area contributed by atoms with Gasteiger partial charge in [0.25, 0.3) is 0 Å². The van der Waals surface area contributed by atoms with Crippen molar-refractivity contribution in [1.29, 1.82) is 0 Å². The summed E-state index contributed by atoms with van der Waals surface area (Å²) in [5.74, 6) is 5.42. The number of nitrogens with two attached hydrogens (primary N) is 2. The highest BCUT2D eigenvalue weighted by molar-refractivity contribution is 7.71. The van der Waals surface area contributed by atoms with Crippen LogP contribution in [0.5, 0.6) is 0 Å². The summed E-state index contributed by atoms with van der Waals surface area (Å²) in [4.78, 5) is 3.93. The van der Waals surface area contributed by atoms with E-state index in [2.05, 4.69) is 10.4 Å². The van der Waals surface area contributed by atoms with Crippen LogP contribution in [0.1, 0.15) is 6.23 Å². The minimum absolute atomic E-state index is 0.0667. The van der Waals surface area contributed by atoms with Gasteiger partial charge in [0.05, 0.1) is 12.3 Å². The maximum Gasteiger partial charge on any atom is 0.203 e.